The third-order valence-electron chi connectivity index (χ3n) is 4.03. The van der Waals surface area contributed by atoms with Crippen molar-refractivity contribution in [3.63, 3.8) is 0 Å². The van der Waals surface area contributed by atoms with Gasteiger partial charge >= 0.3 is 6.09 Å². The first-order chi connectivity index (χ1) is 11.3. The van der Waals surface area contributed by atoms with Gasteiger partial charge in [0.15, 0.2) is 0 Å². The highest BCUT2D eigenvalue weighted by Crippen LogP contribution is 2.27. The lowest BCUT2D eigenvalue weighted by atomic mass is 9.96. The molecule has 3 rings (SSSR count). The van der Waals surface area contributed by atoms with Crippen molar-refractivity contribution in [1.29, 1.82) is 0 Å². The number of hydrogen-bond acceptors (Lipinski definition) is 5. The number of nitrogens with one attached hydrogen (secondary N) is 1. The van der Waals surface area contributed by atoms with Gasteiger partial charge in [0.25, 0.3) is 0 Å². The summed E-state index contributed by atoms with van der Waals surface area (Å²) in [6.45, 7) is 5.52. The highest BCUT2D eigenvalue weighted by atomic mass is 79.9. The van der Waals surface area contributed by atoms with Crippen molar-refractivity contribution < 1.29 is 9.53 Å². The fraction of sp³-hybridized carbons (Fsp3) is 0.588. The number of carbonyl (C=O) groups excluding carboxylic acids is 1. The molecule has 0 unspecified atom stereocenters. The lowest BCUT2D eigenvalue weighted by Crippen LogP contribution is -2.26. The first-order valence-electron chi connectivity index (χ1n) is 8.37. The zero-order valence-corrected chi connectivity index (χ0v) is 15.9. The molecule has 0 radical (unpaired) electrons. The maximum atomic E-state index is 12.3. The zero-order chi connectivity index (χ0) is 17.3. The number of anilines is 1. The molecule has 130 valence electrons. The van der Waals surface area contributed by atoms with E-state index in [1.807, 2.05) is 20.8 Å². The molecule has 24 heavy (non-hydrogen) atoms. The van der Waals surface area contributed by atoms with E-state index in [1.165, 1.54) is 23.8 Å². The van der Waals surface area contributed by atoms with Gasteiger partial charge in [-0.3, -0.25) is 0 Å². The monoisotopic (exact) mass is 394 g/mol. The van der Waals surface area contributed by atoms with Gasteiger partial charge < -0.3 is 10.1 Å². The molecular formula is C17H23BrN4O2. The van der Waals surface area contributed by atoms with E-state index in [1.54, 1.807) is 12.4 Å². The maximum Gasteiger partial charge on any atom is 0.419 e. The highest BCUT2D eigenvalue weighted by molar-refractivity contribution is 9.10. The predicted octanol–water partition coefficient (Wildman–Crippen LogP) is 4.72. The van der Waals surface area contributed by atoms with Crippen molar-refractivity contribution in [3.05, 3.63) is 16.9 Å². The van der Waals surface area contributed by atoms with Crippen molar-refractivity contribution in [2.45, 2.75) is 64.5 Å². The number of hydrogen-bond donors (Lipinski definition) is 1. The van der Waals surface area contributed by atoms with Crippen LogP contribution in [-0.4, -0.2) is 32.3 Å². The minimum Gasteiger partial charge on any atom is -0.443 e. The van der Waals surface area contributed by atoms with Crippen molar-refractivity contribution >= 4 is 39.0 Å². The third-order valence-corrected chi connectivity index (χ3v) is 4.61. The topological polar surface area (TPSA) is 69.0 Å². The lowest BCUT2D eigenvalue weighted by Gasteiger charge is -2.22. The molecule has 1 saturated carbocycles. The number of fused-ring (bicyclic) bond motifs is 1. The summed E-state index contributed by atoms with van der Waals surface area (Å²) in [4.78, 5) is 21.3. The van der Waals surface area contributed by atoms with E-state index in [4.69, 9.17) is 4.74 Å². The Morgan fingerprint density at radius 2 is 2.04 bits per heavy atom. The van der Waals surface area contributed by atoms with E-state index < -0.39 is 11.7 Å². The molecule has 0 amide bonds. The molecule has 1 N–H and O–H groups in total. The average Bonchev–Trinajstić information content (AvgIpc) is 2.84. The molecule has 2 heterocycles. The summed E-state index contributed by atoms with van der Waals surface area (Å²) in [5.74, 6) is 0.608. The van der Waals surface area contributed by atoms with E-state index in [-0.39, 0.29) is 0 Å². The molecule has 7 heteroatoms. The second kappa shape index (κ2) is 6.70. The first-order valence-corrected chi connectivity index (χ1v) is 9.16. The smallest absolute Gasteiger partial charge is 0.419 e. The molecule has 2 aromatic heterocycles. The Bertz CT molecular complexity index is 745. The van der Waals surface area contributed by atoms with Gasteiger partial charge in [0, 0.05) is 12.2 Å². The molecule has 2 aromatic rings. The summed E-state index contributed by atoms with van der Waals surface area (Å²) in [7, 11) is 0. The fourth-order valence-corrected chi connectivity index (χ4v) is 3.43. The Morgan fingerprint density at radius 3 is 2.71 bits per heavy atom. The number of ether oxygens (including phenoxy) is 1. The van der Waals surface area contributed by atoms with E-state index in [2.05, 4.69) is 31.2 Å². The van der Waals surface area contributed by atoms with Crippen molar-refractivity contribution in [3.8, 4) is 0 Å². The quantitative estimate of drug-likeness (QED) is 0.797. The Labute approximate surface area is 150 Å². The van der Waals surface area contributed by atoms with Gasteiger partial charge in [0.1, 0.15) is 11.1 Å². The van der Waals surface area contributed by atoms with Crippen LogP contribution in [0.2, 0.25) is 0 Å². The summed E-state index contributed by atoms with van der Waals surface area (Å²) >= 11 is 3.48. The van der Waals surface area contributed by atoms with Crippen molar-refractivity contribution in [1.82, 2.24) is 14.5 Å². The van der Waals surface area contributed by atoms with Crippen molar-refractivity contribution in [2.75, 3.05) is 5.32 Å². The van der Waals surface area contributed by atoms with E-state index >= 15 is 0 Å². The molecule has 0 spiro atoms. The van der Waals surface area contributed by atoms with Crippen LogP contribution in [0.1, 0.15) is 52.9 Å². The summed E-state index contributed by atoms with van der Waals surface area (Å²) in [6.07, 6.45) is 9.03. The first kappa shape index (κ1) is 17.2. The Kier molecular flexibility index (Phi) is 4.80. The Balaban J connectivity index is 1.85. The molecule has 0 atom stereocenters. The third kappa shape index (κ3) is 3.88. The minimum absolute atomic E-state index is 0.433. The number of halogens is 1. The zero-order valence-electron chi connectivity index (χ0n) is 14.3. The molecule has 1 aliphatic rings. The molecule has 6 nitrogen and oxygen atoms in total. The number of rotatable bonds is 2. The van der Waals surface area contributed by atoms with Gasteiger partial charge in [-0.2, -0.15) is 0 Å². The second-order valence-corrected chi connectivity index (χ2v) is 8.09. The van der Waals surface area contributed by atoms with E-state index in [9.17, 15) is 4.79 Å². The van der Waals surface area contributed by atoms with Crippen LogP contribution < -0.4 is 5.32 Å². The second-order valence-electron chi connectivity index (χ2n) is 7.23. The van der Waals surface area contributed by atoms with Crippen molar-refractivity contribution in [2.24, 2.45) is 0 Å². The standard InChI is InChI=1S/C17H23BrN4O2/c1-17(2,3)24-16(23)22-10-12(18)14-13(22)9-19-15(21-14)20-11-7-5-4-6-8-11/h9-11H,4-8H2,1-3H3,(H,19,20,21). The van der Waals surface area contributed by atoms with E-state index in [0.29, 0.717) is 23.0 Å². The summed E-state index contributed by atoms with van der Waals surface area (Å²) in [5.41, 5.74) is 0.781. The number of aromatic nitrogens is 3. The summed E-state index contributed by atoms with van der Waals surface area (Å²) < 4.78 is 7.62. The van der Waals surface area contributed by atoms with Gasteiger partial charge in [-0.1, -0.05) is 19.3 Å². The van der Waals surface area contributed by atoms with E-state index in [0.717, 1.165) is 17.3 Å². The maximum absolute atomic E-state index is 12.3. The molecule has 0 aliphatic heterocycles. The molecule has 1 aliphatic carbocycles. The minimum atomic E-state index is -0.552. The van der Waals surface area contributed by atoms with Crippen LogP contribution in [0, 0.1) is 0 Å². The van der Waals surface area contributed by atoms with Gasteiger partial charge in [-0.15, -0.1) is 0 Å². The van der Waals surface area contributed by atoms with Crippen LogP contribution in [0.15, 0.2) is 16.9 Å². The molecule has 0 bridgehead atoms. The molecule has 0 aromatic carbocycles. The van der Waals surface area contributed by atoms with Crippen LogP contribution >= 0.6 is 15.9 Å². The summed E-state index contributed by atoms with van der Waals surface area (Å²) in [6, 6.07) is 0.433. The predicted molar refractivity (Wildman–Crippen MR) is 97.4 cm³/mol. The number of nitrogens with zero attached hydrogens (tertiary/aromatic N) is 3. The molecule has 1 fully saturated rings. The van der Waals surface area contributed by atoms with Gasteiger partial charge in [-0.05, 0) is 49.5 Å². The van der Waals surface area contributed by atoms with Gasteiger partial charge in [0.05, 0.1) is 16.2 Å². The van der Waals surface area contributed by atoms with Crippen LogP contribution in [0.4, 0.5) is 10.7 Å². The van der Waals surface area contributed by atoms with Crippen LogP contribution in [0.25, 0.3) is 11.0 Å². The fourth-order valence-electron chi connectivity index (χ4n) is 2.93. The lowest BCUT2D eigenvalue weighted by molar-refractivity contribution is 0.0544. The van der Waals surface area contributed by atoms with Crippen LogP contribution in [-0.2, 0) is 4.74 Å². The van der Waals surface area contributed by atoms with Gasteiger partial charge in [-0.25, -0.2) is 19.3 Å². The van der Waals surface area contributed by atoms with Crippen LogP contribution in [0.3, 0.4) is 0 Å². The SMILES string of the molecule is CC(C)(C)OC(=O)n1cc(Br)c2nc(NC3CCCCC3)ncc21. The van der Waals surface area contributed by atoms with Crippen LogP contribution in [0.5, 0.6) is 0 Å². The largest absolute Gasteiger partial charge is 0.443 e. The normalized spacial score (nSPS) is 16.3. The molecular weight excluding hydrogens is 372 g/mol. The Hall–Kier alpha value is -1.63. The average molecular weight is 395 g/mol. The molecule has 0 saturated heterocycles. The van der Waals surface area contributed by atoms with Gasteiger partial charge in [0.2, 0.25) is 5.95 Å². The summed E-state index contributed by atoms with van der Waals surface area (Å²) in [5, 5.41) is 3.41. The Morgan fingerprint density at radius 1 is 1.33 bits per heavy atom. The number of carbonyl (C=O) groups is 1. The highest BCUT2D eigenvalue weighted by Gasteiger charge is 2.22.